The summed E-state index contributed by atoms with van der Waals surface area (Å²) in [5.74, 6) is 0. The van der Waals surface area contributed by atoms with Gasteiger partial charge in [-0.05, 0) is 31.0 Å². The van der Waals surface area contributed by atoms with Crippen LogP contribution in [-0.4, -0.2) is 9.46 Å². The lowest BCUT2D eigenvalue weighted by molar-refractivity contribution is 0.669. The molecule has 15 heavy (non-hydrogen) atoms. The molecule has 0 aromatic heterocycles. The average Bonchev–Trinajstić information content (AvgIpc) is 2.74. The van der Waals surface area contributed by atoms with Crippen molar-refractivity contribution in [2.75, 3.05) is 5.73 Å². The van der Waals surface area contributed by atoms with Gasteiger partial charge in [0, 0.05) is 16.0 Å². The summed E-state index contributed by atoms with van der Waals surface area (Å²) in [5, 5.41) is 0.872. The summed E-state index contributed by atoms with van der Waals surface area (Å²) >= 11 is 5.88. The van der Waals surface area contributed by atoms with Crippen molar-refractivity contribution < 1.29 is 4.21 Å². The van der Waals surface area contributed by atoms with Gasteiger partial charge in [0.05, 0.1) is 15.7 Å². The highest BCUT2D eigenvalue weighted by Crippen LogP contribution is 2.30. The van der Waals surface area contributed by atoms with Crippen molar-refractivity contribution in [3.63, 3.8) is 0 Å². The second kappa shape index (κ2) is 4.54. The highest BCUT2D eigenvalue weighted by molar-refractivity contribution is 7.85. The van der Waals surface area contributed by atoms with Crippen molar-refractivity contribution in [3.8, 4) is 0 Å². The van der Waals surface area contributed by atoms with Crippen molar-refractivity contribution >= 4 is 28.1 Å². The minimum atomic E-state index is -0.990. The molecule has 0 bridgehead atoms. The van der Waals surface area contributed by atoms with E-state index < -0.39 is 10.8 Å². The average molecular weight is 244 g/mol. The maximum atomic E-state index is 12.2. The van der Waals surface area contributed by atoms with E-state index in [1.807, 2.05) is 0 Å². The summed E-state index contributed by atoms with van der Waals surface area (Å²) in [6.45, 7) is 0. The first-order chi connectivity index (χ1) is 7.18. The molecule has 1 aromatic rings. The Bertz CT molecular complexity index is 388. The molecule has 1 fully saturated rings. The smallest absolute Gasteiger partial charge is 0.0635 e. The van der Waals surface area contributed by atoms with Crippen LogP contribution in [0.3, 0.4) is 0 Å². The zero-order valence-corrected chi connectivity index (χ0v) is 9.98. The summed E-state index contributed by atoms with van der Waals surface area (Å²) in [5.41, 5.74) is 6.39. The molecule has 1 unspecified atom stereocenters. The van der Waals surface area contributed by atoms with E-state index in [9.17, 15) is 4.21 Å². The Morgan fingerprint density at radius 2 is 2.00 bits per heavy atom. The first-order valence-corrected chi connectivity index (χ1v) is 6.73. The third kappa shape index (κ3) is 2.34. The fourth-order valence-electron chi connectivity index (χ4n) is 1.96. The van der Waals surface area contributed by atoms with Crippen LogP contribution in [-0.2, 0) is 10.8 Å². The maximum Gasteiger partial charge on any atom is 0.0635 e. The van der Waals surface area contributed by atoms with Crippen LogP contribution in [0, 0.1) is 0 Å². The van der Waals surface area contributed by atoms with Crippen LogP contribution in [0.2, 0.25) is 5.02 Å². The molecule has 4 heteroatoms. The highest BCUT2D eigenvalue weighted by atomic mass is 35.5. The molecule has 0 saturated heterocycles. The first kappa shape index (κ1) is 11.0. The van der Waals surface area contributed by atoms with Gasteiger partial charge in [0.25, 0.3) is 0 Å². The summed E-state index contributed by atoms with van der Waals surface area (Å²) < 4.78 is 12.2. The molecule has 0 amide bonds. The number of rotatable bonds is 2. The predicted molar refractivity (Wildman–Crippen MR) is 64.5 cm³/mol. The van der Waals surface area contributed by atoms with Gasteiger partial charge < -0.3 is 5.73 Å². The predicted octanol–water partition coefficient (Wildman–Crippen LogP) is 2.97. The molecule has 0 radical (unpaired) electrons. The van der Waals surface area contributed by atoms with Crippen LogP contribution >= 0.6 is 11.6 Å². The molecule has 0 spiro atoms. The molecular weight excluding hydrogens is 230 g/mol. The van der Waals surface area contributed by atoms with Crippen LogP contribution in [0.1, 0.15) is 25.7 Å². The van der Waals surface area contributed by atoms with Gasteiger partial charge in [-0.2, -0.15) is 0 Å². The second-order valence-electron chi connectivity index (χ2n) is 3.89. The molecule has 0 heterocycles. The van der Waals surface area contributed by atoms with E-state index in [1.54, 1.807) is 18.2 Å². The van der Waals surface area contributed by atoms with E-state index in [2.05, 4.69) is 0 Å². The minimum Gasteiger partial charge on any atom is -0.398 e. The number of nitrogen functional groups attached to an aromatic ring is 1. The van der Waals surface area contributed by atoms with Crippen LogP contribution in [0.25, 0.3) is 0 Å². The van der Waals surface area contributed by atoms with Crippen molar-refractivity contribution in [3.05, 3.63) is 23.2 Å². The van der Waals surface area contributed by atoms with Crippen molar-refractivity contribution in [2.45, 2.75) is 35.8 Å². The van der Waals surface area contributed by atoms with E-state index in [0.717, 1.165) is 12.8 Å². The third-order valence-electron chi connectivity index (χ3n) is 2.80. The zero-order valence-electron chi connectivity index (χ0n) is 8.41. The zero-order chi connectivity index (χ0) is 10.8. The molecule has 1 saturated carbocycles. The Balaban J connectivity index is 2.27. The standard InChI is InChI=1S/C11H14ClNOS/c12-8-5-6-10(13)11(7-8)15(14)9-3-1-2-4-9/h5-7,9H,1-4,13H2. The summed E-state index contributed by atoms with van der Waals surface area (Å²) in [6.07, 6.45) is 4.44. The summed E-state index contributed by atoms with van der Waals surface area (Å²) in [6, 6.07) is 5.18. The molecule has 1 aliphatic rings. The van der Waals surface area contributed by atoms with Crippen molar-refractivity contribution in [2.24, 2.45) is 0 Å². The minimum absolute atomic E-state index is 0.269. The van der Waals surface area contributed by atoms with Gasteiger partial charge in [0.1, 0.15) is 0 Å². The van der Waals surface area contributed by atoms with E-state index in [1.165, 1.54) is 12.8 Å². The lowest BCUT2D eigenvalue weighted by Crippen LogP contribution is -2.12. The van der Waals surface area contributed by atoms with Gasteiger partial charge in [-0.1, -0.05) is 24.4 Å². The summed E-state index contributed by atoms with van der Waals surface area (Å²) in [4.78, 5) is 0.703. The molecule has 1 atom stereocenters. The Kier molecular flexibility index (Phi) is 3.32. The van der Waals surface area contributed by atoms with Crippen LogP contribution < -0.4 is 5.73 Å². The van der Waals surface area contributed by atoms with E-state index in [4.69, 9.17) is 17.3 Å². The van der Waals surface area contributed by atoms with E-state index in [-0.39, 0.29) is 5.25 Å². The highest BCUT2D eigenvalue weighted by Gasteiger charge is 2.23. The molecule has 82 valence electrons. The van der Waals surface area contributed by atoms with Gasteiger partial charge in [-0.15, -0.1) is 0 Å². The number of nitrogens with two attached hydrogens (primary N) is 1. The molecule has 2 N–H and O–H groups in total. The number of benzene rings is 1. The Labute approximate surface area is 97.3 Å². The topological polar surface area (TPSA) is 43.1 Å². The molecule has 2 rings (SSSR count). The van der Waals surface area contributed by atoms with Crippen molar-refractivity contribution in [1.29, 1.82) is 0 Å². The quantitative estimate of drug-likeness (QED) is 0.812. The first-order valence-electron chi connectivity index (χ1n) is 5.14. The SMILES string of the molecule is Nc1ccc(Cl)cc1S(=O)C1CCCC1. The molecular formula is C11H14ClNOS. The van der Waals surface area contributed by atoms with Gasteiger partial charge in [0.2, 0.25) is 0 Å². The number of hydrogen-bond donors (Lipinski definition) is 1. The number of hydrogen-bond acceptors (Lipinski definition) is 2. The van der Waals surface area contributed by atoms with Gasteiger partial charge in [-0.25, -0.2) is 0 Å². The Morgan fingerprint density at radius 3 is 2.67 bits per heavy atom. The Morgan fingerprint density at radius 1 is 1.33 bits per heavy atom. The molecule has 1 aromatic carbocycles. The fraction of sp³-hybridized carbons (Fsp3) is 0.455. The fourth-order valence-corrected chi connectivity index (χ4v) is 3.87. The number of halogens is 1. The van der Waals surface area contributed by atoms with Gasteiger partial charge in [-0.3, -0.25) is 4.21 Å². The van der Waals surface area contributed by atoms with Gasteiger partial charge >= 0.3 is 0 Å². The number of anilines is 1. The largest absolute Gasteiger partial charge is 0.398 e. The van der Waals surface area contributed by atoms with Crippen LogP contribution in [0.15, 0.2) is 23.1 Å². The van der Waals surface area contributed by atoms with E-state index in [0.29, 0.717) is 15.6 Å². The summed E-state index contributed by atoms with van der Waals surface area (Å²) in [7, 11) is -0.990. The maximum absolute atomic E-state index is 12.2. The Hall–Kier alpha value is -0.540. The van der Waals surface area contributed by atoms with Crippen LogP contribution in [0.4, 0.5) is 5.69 Å². The normalized spacial score (nSPS) is 19.3. The monoisotopic (exact) mass is 243 g/mol. The molecule has 1 aliphatic carbocycles. The van der Waals surface area contributed by atoms with Gasteiger partial charge in [0.15, 0.2) is 0 Å². The third-order valence-corrected chi connectivity index (χ3v) is 4.90. The van der Waals surface area contributed by atoms with E-state index >= 15 is 0 Å². The van der Waals surface area contributed by atoms with Crippen molar-refractivity contribution in [1.82, 2.24) is 0 Å². The lowest BCUT2D eigenvalue weighted by atomic mass is 10.3. The lowest BCUT2D eigenvalue weighted by Gasteiger charge is -2.11. The molecule has 0 aliphatic heterocycles. The van der Waals surface area contributed by atoms with Crippen LogP contribution in [0.5, 0.6) is 0 Å². The molecule has 2 nitrogen and oxygen atoms in total. The second-order valence-corrected chi connectivity index (χ2v) is 6.02.